The number of rotatable bonds is 9. The van der Waals surface area contributed by atoms with E-state index in [4.69, 9.17) is 10.5 Å². The molecule has 1 heterocycles. The van der Waals surface area contributed by atoms with Crippen LogP contribution in [0.3, 0.4) is 0 Å². The number of hydrogen-bond acceptors (Lipinski definition) is 7. The number of halogens is 1. The minimum Gasteiger partial charge on any atom is -0.444 e. The van der Waals surface area contributed by atoms with Crippen molar-refractivity contribution in [3.63, 3.8) is 0 Å². The summed E-state index contributed by atoms with van der Waals surface area (Å²) in [5.41, 5.74) is 7.29. The number of aromatic amines is 1. The van der Waals surface area contributed by atoms with Gasteiger partial charge in [0.05, 0.1) is 0 Å². The normalized spacial score (nSPS) is 17.7. The molecule has 1 aromatic heterocycles. The van der Waals surface area contributed by atoms with Crippen molar-refractivity contribution in [2.24, 2.45) is 17.6 Å². The summed E-state index contributed by atoms with van der Waals surface area (Å²) in [6.45, 7) is 5.91. The lowest BCUT2D eigenvalue weighted by Gasteiger charge is -2.36. The lowest BCUT2D eigenvalue weighted by Crippen LogP contribution is -2.52. The van der Waals surface area contributed by atoms with Gasteiger partial charge in [-0.05, 0) is 94.3 Å². The van der Waals surface area contributed by atoms with Crippen LogP contribution < -0.4 is 21.7 Å². The highest BCUT2D eigenvalue weighted by atomic mass is 79.9. The van der Waals surface area contributed by atoms with Crippen LogP contribution in [0, 0.1) is 11.8 Å². The lowest BCUT2D eigenvalue weighted by molar-refractivity contribution is -0.127. The molecule has 1 atom stereocenters. The van der Waals surface area contributed by atoms with Gasteiger partial charge < -0.3 is 15.8 Å². The Balaban J connectivity index is 1.53. The highest BCUT2D eigenvalue weighted by Gasteiger charge is 2.36. The fourth-order valence-electron chi connectivity index (χ4n) is 5.11. The highest BCUT2D eigenvalue weighted by Crippen LogP contribution is 2.33. The van der Waals surface area contributed by atoms with E-state index in [1.807, 2.05) is 45.0 Å². The zero-order valence-electron chi connectivity index (χ0n) is 23.9. The first kappa shape index (κ1) is 31.0. The smallest absolute Gasteiger partial charge is 0.439 e. The van der Waals surface area contributed by atoms with Crippen molar-refractivity contribution in [2.45, 2.75) is 64.5 Å². The highest BCUT2D eigenvalue weighted by molar-refractivity contribution is 9.10. The summed E-state index contributed by atoms with van der Waals surface area (Å²) in [5, 5.41) is 6.54. The van der Waals surface area contributed by atoms with Crippen molar-refractivity contribution < 1.29 is 23.6 Å². The van der Waals surface area contributed by atoms with Crippen molar-refractivity contribution in [1.29, 1.82) is 0 Å². The maximum Gasteiger partial charge on any atom is 0.439 e. The van der Waals surface area contributed by atoms with E-state index >= 15 is 0 Å². The number of ether oxygens (including phenoxy) is 1. The molecule has 1 aliphatic rings. The summed E-state index contributed by atoms with van der Waals surface area (Å²) in [6.07, 6.45) is 2.49. The third-order valence-corrected chi connectivity index (χ3v) is 7.74. The molecule has 42 heavy (non-hydrogen) atoms. The Bertz CT molecular complexity index is 1440. The lowest BCUT2D eigenvalue weighted by atomic mass is 9.81. The van der Waals surface area contributed by atoms with E-state index in [9.17, 15) is 19.2 Å². The molecule has 3 aromatic rings. The average Bonchev–Trinajstić information content (AvgIpc) is 3.38. The van der Waals surface area contributed by atoms with Gasteiger partial charge in [-0.1, -0.05) is 33.2 Å². The van der Waals surface area contributed by atoms with Crippen LogP contribution in [0.25, 0.3) is 11.4 Å². The van der Waals surface area contributed by atoms with Gasteiger partial charge in [-0.25, -0.2) is 9.59 Å². The molecule has 3 amide bonds. The number of anilines is 1. The summed E-state index contributed by atoms with van der Waals surface area (Å²) in [5.74, 6) is -1.33. The summed E-state index contributed by atoms with van der Waals surface area (Å²) in [4.78, 5) is 54.5. The number of aromatic nitrogens is 2. The molecule has 12 heteroatoms. The molecule has 4 N–H and O–H groups in total. The number of nitrogens with one attached hydrogen (secondary N) is 2. The van der Waals surface area contributed by atoms with Crippen molar-refractivity contribution >= 4 is 39.5 Å². The SMILES string of the molecule is CC(C)(C)OC(=O)NC[C@H]1CC[C@H](C(=O)N(c2ccc(-c3noc(=O)[nH]3)cc2)[C@@H](Cc2ccc(Br)cc2)C(N)=O)CC1. The third-order valence-electron chi connectivity index (χ3n) is 7.21. The average molecular weight is 643 g/mol. The van der Waals surface area contributed by atoms with Crippen molar-refractivity contribution in [1.82, 2.24) is 15.5 Å². The Hall–Kier alpha value is -3.93. The Labute approximate surface area is 252 Å². The van der Waals surface area contributed by atoms with Crippen molar-refractivity contribution in [2.75, 3.05) is 11.4 Å². The molecule has 0 aliphatic heterocycles. The summed E-state index contributed by atoms with van der Waals surface area (Å²) >= 11 is 3.43. The van der Waals surface area contributed by atoms with Crippen LogP contribution in [0.1, 0.15) is 52.0 Å². The zero-order valence-corrected chi connectivity index (χ0v) is 25.5. The maximum absolute atomic E-state index is 14.1. The van der Waals surface area contributed by atoms with Gasteiger partial charge in [0.15, 0.2) is 5.82 Å². The maximum atomic E-state index is 14.1. The first-order chi connectivity index (χ1) is 19.9. The van der Waals surface area contributed by atoms with Gasteiger partial charge in [0.2, 0.25) is 11.8 Å². The van der Waals surface area contributed by atoms with Gasteiger partial charge in [-0.3, -0.25) is 24.0 Å². The number of primary amides is 1. The van der Waals surface area contributed by atoms with Crippen LogP contribution >= 0.6 is 15.9 Å². The Kier molecular flexibility index (Phi) is 9.87. The van der Waals surface area contributed by atoms with Crippen molar-refractivity contribution in [3.05, 3.63) is 69.1 Å². The number of nitrogens with zero attached hydrogens (tertiary/aromatic N) is 2. The van der Waals surface area contributed by atoms with E-state index in [0.29, 0.717) is 30.6 Å². The number of hydrogen-bond donors (Lipinski definition) is 3. The Morgan fingerprint density at radius 3 is 2.29 bits per heavy atom. The van der Waals surface area contributed by atoms with Crippen molar-refractivity contribution in [3.8, 4) is 11.4 Å². The second kappa shape index (κ2) is 13.4. The molecule has 1 aliphatic carbocycles. The molecule has 0 bridgehead atoms. The van der Waals surface area contributed by atoms with Gasteiger partial charge in [0.1, 0.15) is 11.6 Å². The number of carbonyl (C=O) groups is 3. The molecular weight excluding hydrogens is 606 g/mol. The monoisotopic (exact) mass is 641 g/mol. The molecule has 224 valence electrons. The molecule has 1 fully saturated rings. The summed E-state index contributed by atoms with van der Waals surface area (Å²) in [7, 11) is 0. The summed E-state index contributed by atoms with van der Waals surface area (Å²) < 4.78 is 10.8. The van der Waals surface area contributed by atoms with Crippen LogP contribution in [0.4, 0.5) is 10.5 Å². The Morgan fingerprint density at radius 2 is 1.74 bits per heavy atom. The number of H-pyrrole nitrogens is 1. The molecule has 0 saturated heterocycles. The minimum absolute atomic E-state index is 0.183. The number of amides is 3. The van der Waals surface area contributed by atoms with Gasteiger partial charge in [-0.2, -0.15) is 0 Å². The molecule has 0 radical (unpaired) electrons. The van der Waals surface area contributed by atoms with E-state index in [1.54, 1.807) is 24.3 Å². The zero-order chi connectivity index (χ0) is 30.4. The fraction of sp³-hybridized carbons (Fsp3) is 0.433. The van der Waals surface area contributed by atoms with Gasteiger partial charge in [0, 0.05) is 34.6 Å². The van der Waals surface area contributed by atoms with Gasteiger partial charge in [-0.15, -0.1) is 0 Å². The van der Waals surface area contributed by atoms with Crippen LogP contribution in [-0.2, 0) is 20.7 Å². The van der Waals surface area contributed by atoms with Gasteiger partial charge >= 0.3 is 11.8 Å². The predicted molar refractivity (Wildman–Crippen MR) is 161 cm³/mol. The summed E-state index contributed by atoms with van der Waals surface area (Å²) in [6, 6.07) is 13.4. The van der Waals surface area contributed by atoms with E-state index in [-0.39, 0.29) is 30.0 Å². The quantitative estimate of drug-likeness (QED) is 0.309. The van der Waals surface area contributed by atoms with E-state index < -0.39 is 29.4 Å². The first-order valence-electron chi connectivity index (χ1n) is 13.9. The fourth-order valence-corrected chi connectivity index (χ4v) is 5.37. The molecule has 0 unspecified atom stereocenters. The Morgan fingerprint density at radius 1 is 1.10 bits per heavy atom. The third kappa shape index (κ3) is 8.31. The standard InChI is InChI=1S/C30H36BrN5O6/c1-30(2,3)41-28(39)33-17-19-4-8-21(9-5-19)27(38)36(24(25(32)37)16-18-6-12-22(31)13-7-18)23-14-10-20(11-15-23)26-34-29(40)42-35-26/h6-7,10-15,19,21,24H,4-5,8-9,16-17H2,1-3H3,(H2,32,37)(H,33,39)(H,34,35,40)/t19-,21-,24-/m0/s1. The predicted octanol–water partition coefficient (Wildman–Crippen LogP) is 4.55. The van der Waals surface area contributed by atoms with Crippen LogP contribution in [-0.4, -0.2) is 46.2 Å². The van der Waals surface area contributed by atoms with Crippen LogP contribution in [0.5, 0.6) is 0 Å². The van der Waals surface area contributed by atoms with E-state index in [2.05, 4.69) is 35.9 Å². The van der Waals surface area contributed by atoms with E-state index in [0.717, 1.165) is 22.9 Å². The molecule has 2 aromatic carbocycles. The number of alkyl carbamates (subject to hydrolysis) is 1. The number of carbonyl (C=O) groups excluding carboxylic acids is 3. The molecule has 4 rings (SSSR count). The molecule has 0 spiro atoms. The topological polar surface area (TPSA) is 161 Å². The molecular formula is C30H36BrN5O6. The minimum atomic E-state index is -0.928. The second-order valence-corrected chi connectivity index (χ2v) is 12.5. The molecule has 11 nitrogen and oxygen atoms in total. The van der Waals surface area contributed by atoms with Crippen LogP contribution in [0.15, 0.2) is 62.3 Å². The van der Waals surface area contributed by atoms with Crippen LogP contribution in [0.2, 0.25) is 0 Å². The number of nitrogens with two attached hydrogens (primary N) is 1. The van der Waals surface area contributed by atoms with Gasteiger partial charge in [0.25, 0.3) is 0 Å². The second-order valence-electron chi connectivity index (χ2n) is 11.5. The first-order valence-corrected chi connectivity index (χ1v) is 14.7. The molecule has 1 saturated carbocycles. The number of benzene rings is 2. The largest absolute Gasteiger partial charge is 0.444 e. The van der Waals surface area contributed by atoms with E-state index in [1.165, 1.54) is 4.90 Å².